The van der Waals surface area contributed by atoms with Gasteiger partial charge in [0.2, 0.25) is 0 Å². The molecule has 1 N–H and O–H groups in total. The molecule has 0 bridgehead atoms. The van der Waals surface area contributed by atoms with Crippen LogP contribution in [-0.2, 0) is 24.1 Å². The Labute approximate surface area is 187 Å². The van der Waals surface area contributed by atoms with Gasteiger partial charge in [0.05, 0.1) is 24.3 Å². The van der Waals surface area contributed by atoms with Crippen molar-refractivity contribution in [1.82, 2.24) is 14.9 Å². The topological polar surface area (TPSA) is 89.2 Å². The number of nitrogens with zero attached hydrogens (tertiary/aromatic N) is 3. The molecule has 7 nitrogen and oxygen atoms in total. The minimum absolute atomic E-state index is 0.0622. The van der Waals surface area contributed by atoms with Gasteiger partial charge in [0.15, 0.2) is 0 Å². The number of nitrogens with one attached hydrogen (secondary N) is 1. The standard InChI is InChI=1S/C25H26N4O3/c1-4-10-31-24-6-5-9-27-21(24)15-29-22-8-7-17(14-26)11-19(22)20-12-18(13-23(20)29)28-25(30)32-16(2)3/h4-9,11,16,18H,1,10,12-13,15H2,2-3H3,(H,28,30)/t18-/m0/s1. The lowest BCUT2D eigenvalue weighted by Gasteiger charge is -2.16. The number of benzene rings is 1. The van der Waals surface area contributed by atoms with Crippen LogP contribution in [-0.4, -0.2) is 34.4 Å². The third-order valence-electron chi connectivity index (χ3n) is 5.48. The van der Waals surface area contributed by atoms with Gasteiger partial charge in [0, 0.05) is 35.3 Å². The predicted molar refractivity (Wildman–Crippen MR) is 122 cm³/mol. The van der Waals surface area contributed by atoms with Gasteiger partial charge >= 0.3 is 6.09 Å². The lowest BCUT2D eigenvalue weighted by molar-refractivity contribution is 0.112. The number of alkyl carbamates (subject to hydrolysis) is 1. The molecule has 2 heterocycles. The molecule has 0 spiro atoms. The maximum atomic E-state index is 12.1. The summed E-state index contributed by atoms with van der Waals surface area (Å²) in [7, 11) is 0. The third-order valence-corrected chi connectivity index (χ3v) is 5.48. The summed E-state index contributed by atoms with van der Waals surface area (Å²) in [5, 5.41) is 13.4. The summed E-state index contributed by atoms with van der Waals surface area (Å²) in [6.45, 7) is 8.29. The van der Waals surface area contributed by atoms with Gasteiger partial charge in [-0.2, -0.15) is 5.26 Å². The van der Waals surface area contributed by atoms with Crippen LogP contribution in [0.3, 0.4) is 0 Å². The molecule has 4 rings (SSSR count). The highest BCUT2D eigenvalue weighted by Crippen LogP contribution is 2.35. The highest BCUT2D eigenvalue weighted by molar-refractivity contribution is 5.88. The second kappa shape index (κ2) is 9.15. The molecule has 0 radical (unpaired) electrons. The highest BCUT2D eigenvalue weighted by Gasteiger charge is 2.30. The quantitative estimate of drug-likeness (QED) is 0.570. The fourth-order valence-corrected chi connectivity index (χ4v) is 4.23. The Balaban J connectivity index is 1.70. The molecule has 0 aliphatic heterocycles. The third kappa shape index (κ3) is 4.30. The molecule has 1 aliphatic carbocycles. The molecular weight excluding hydrogens is 404 g/mol. The number of hydrogen-bond acceptors (Lipinski definition) is 5. The van der Waals surface area contributed by atoms with Crippen molar-refractivity contribution in [2.45, 2.75) is 45.4 Å². The second-order valence-corrected chi connectivity index (χ2v) is 8.11. The Kier molecular flexibility index (Phi) is 6.13. The molecule has 1 amide bonds. The fourth-order valence-electron chi connectivity index (χ4n) is 4.23. The van der Waals surface area contributed by atoms with E-state index in [0.29, 0.717) is 37.3 Å². The highest BCUT2D eigenvalue weighted by atomic mass is 16.6. The molecule has 32 heavy (non-hydrogen) atoms. The van der Waals surface area contributed by atoms with E-state index in [0.717, 1.165) is 27.9 Å². The lowest BCUT2D eigenvalue weighted by atomic mass is 10.1. The van der Waals surface area contributed by atoms with Crippen molar-refractivity contribution in [1.29, 1.82) is 5.26 Å². The van der Waals surface area contributed by atoms with E-state index in [2.05, 4.69) is 27.5 Å². The summed E-state index contributed by atoms with van der Waals surface area (Å²) in [5.41, 5.74) is 4.74. The number of hydrogen-bond donors (Lipinski definition) is 1. The van der Waals surface area contributed by atoms with Crippen LogP contribution in [0.25, 0.3) is 10.9 Å². The van der Waals surface area contributed by atoms with Crippen LogP contribution in [0.2, 0.25) is 0 Å². The van der Waals surface area contributed by atoms with Gasteiger partial charge in [-0.3, -0.25) is 4.98 Å². The molecule has 0 unspecified atom stereocenters. The van der Waals surface area contributed by atoms with E-state index in [-0.39, 0.29) is 12.1 Å². The largest absolute Gasteiger partial charge is 0.488 e. The lowest BCUT2D eigenvalue weighted by Crippen LogP contribution is -2.37. The maximum absolute atomic E-state index is 12.1. The number of nitriles is 1. The van der Waals surface area contributed by atoms with Crippen LogP contribution in [0.5, 0.6) is 5.75 Å². The number of carbonyl (C=O) groups excluding carboxylic acids is 1. The molecule has 1 aliphatic rings. The Bertz CT molecular complexity index is 1210. The van der Waals surface area contributed by atoms with Gasteiger partial charge in [0.25, 0.3) is 0 Å². The fraction of sp³-hybridized carbons (Fsp3) is 0.320. The van der Waals surface area contributed by atoms with Crippen molar-refractivity contribution >= 4 is 17.0 Å². The number of rotatable bonds is 7. The summed E-state index contributed by atoms with van der Waals surface area (Å²) >= 11 is 0. The van der Waals surface area contributed by atoms with E-state index in [1.807, 2.05) is 44.2 Å². The van der Waals surface area contributed by atoms with Crippen molar-refractivity contribution < 1.29 is 14.3 Å². The van der Waals surface area contributed by atoms with Gasteiger partial charge in [-0.1, -0.05) is 12.7 Å². The van der Waals surface area contributed by atoms with Crippen molar-refractivity contribution in [3.8, 4) is 11.8 Å². The van der Waals surface area contributed by atoms with Crippen LogP contribution < -0.4 is 10.1 Å². The Morgan fingerprint density at radius 1 is 1.41 bits per heavy atom. The molecule has 0 fully saturated rings. The molecule has 1 atom stereocenters. The van der Waals surface area contributed by atoms with Crippen LogP contribution in [0.4, 0.5) is 4.79 Å². The number of pyridine rings is 1. The number of aromatic nitrogens is 2. The zero-order valence-electron chi connectivity index (χ0n) is 18.3. The minimum atomic E-state index is -0.409. The SMILES string of the molecule is C=CCOc1cccnc1Cn1c2c(c3cc(C#N)ccc31)C[C@H](NC(=O)OC(C)C)C2. The zero-order chi connectivity index (χ0) is 22.7. The summed E-state index contributed by atoms with van der Waals surface area (Å²) in [6, 6.07) is 11.6. The summed E-state index contributed by atoms with van der Waals surface area (Å²) in [4.78, 5) is 16.7. The number of amides is 1. The zero-order valence-corrected chi connectivity index (χ0v) is 18.3. The number of fused-ring (bicyclic) bond motifs is 3. The van der Waals surface area contributed by atoms with Crippen molar-refractivity contribution in [2.75, 3.05) is 6.61 Å². The van der Waals surface area contributed by atoms with Crippen LogP contribution >= 0.6 is 0 Å². The van der Waals surface area contributed by atoms with E-state index in [1.165, 1.54) is 0 Å². The van der Waals surface area contributed by atoms with Crippen molar-refractivity contribution in [3.63, 3.8) is 0 Å². The molecule has 7 heteroatoms. The first kappa shape index (κ1) is 21.4. The molecular formula is C25H26N4O3. The number of ether oxygens (including phenoxy) is 2. The number of carbonyl (C=O) groups is 1. The predicted octanol–water partition coefficient (Wildman–Crippen LogP) is 4.12. The summed E-state index contributed by atoms with van der Waals surface area (Å²) < 4.78 is 13.3. The van der Waals surface area contributed by atoms with Crippen molar-refractivity contribution in [2.24, 2.45) is 0 Å². The van der Waals surface area contributed by atoms with E-state index in [9.17, 15) is 10.1 Å². The first-order valence-electron chi connectivity index (χ1n) is 10.7. The van der Waals surface area contributed by atoms with Gasteiger partial charge in [-0.25, -0.2) is 4.79 Å². The molecule has 0 saturated heterocycles. The second-order valence-electron chi connectivity index (χ2n) is 8.11. The van der Waals surface area contributed by atoms with Crippen molar-refractivity contribution in [3.05, 3.63) is 71.7 Å². The van der Waals surface area contributed by atoms with E-state index >= 15 is 0 Å². The Morgan fingerprint density at radius 2 is 2.25 bits per heavy atom. The smallest absolute Gasteiger partial charge is 0.407 e. The van der Waals surface area contributed by atoms with E-state index in [1.54, 1.807) is 12.3 Å². The normalized spacial score (nSPS) is 14.8. The Morgan fingerprint density at radius 3 is 3.00 bits per heavy atom. The average Bonchev–Trinajstić information content (AvgIpc) is 3.29. The van der Waals surface area contributed by atoms with E-state index < -0.39 is 6.09 Å². The minimum Gasteiger partial charge on any atom is -0.488 e. The average molecular weight is 431 g/mol. The van der Waals surface area contributed by atoms with Gasteiger partial charge in [-0.15, -0.1) is 0 Å². The first-order valence-corrected chi connectivity index (χ1v) is 10.7. The van der Waals surface area contributed by atoms with Gasteiger partial charge < -0.3 is 19.4 Å². The molecule has 1 aromatic carbocycles. The van der Waals surface area contributed by atoms with Crippen LogP contribution in [0.15, 0.2) is 49.2 Å². The monoisotopic (exact) mass is 430 g/mol. The Hall–Kier alpha value is -3.79. The maximum Gasteiger partial charge on any atom is 0.407 e. The molecule has 2 aromatic heterocycles. The molecule has 164 valence electrons. The molecule has 3 aromatic rings. The first-order chi connectivity index (χ1) is 15.5. The van der Waals surface area contributed by atoms with E-state index in [4.69, 9.17) is 9.47 Å². The van der Waals surface area contributed by atoms with Gasteiger partial charge in [0.1, 0.15) is 18.1 Å². The molecule has 0 saturated carbocycles. The summed E-state index contributed by atoms with van der Waals surface area (Å²) in [5.74, 6) is 0.713. The van der Waals surface area contributed by atoms with Gasteiger partial charge in [-0.05, 0) is 56.2 Å². The van der Waals surface area contributed by atoms with Crippen LogP contribution in [0.1, 0.15) is 36.4 Å². The van der Waals surface area contributed by atoms with Crippen LogP contribution in [0, 0.1) is 11.3 Å². The summed E-state index contributed by atoms with van der Waals surface area (Å²) in [6.07, 6.45) is 4.23.